The van der Waals surface area contributed by atoms with E-state index in [9.17, 15) is 4.79 Å². The Balaban J connectivity index is 1.70. The average Bonchev–Trinajstić information content (AvgIpc) is 3.11. The number of hydrogen-bond acceptors (Lipinski definition) is 3. The van der Waals surface area contributed by atoms with E-state index in [2.05, 4.69) is 12.2 Å². The molecule has 0 unspecified atom stereocenters. The number of amides is 1. The van der Waals surface area contributed by atoms with E-state index in [-0.39, 0.29) is 5.91 Å². The first-order chi connectivity index (χ1) is 12.2. The van der Waals surface area contributed by atoms with Crippen molar-refractivity contribution in [3.05, 3.63) is 58.9 Å². The summed E-state index contributed by atoms with van der Waals surface area (Å²) in [4.78, 5) is 16.5. The van der Waals surface area contributed by atoms with Gasteiger partial charge in [0, 0.05) is 33.6 Å². The smallest absolute Gasteiger partial charge is 0.224 e. The van der Waals surface area contributed by atoms with Crippen LogP contribution in [-0.2, 0) is 4.79 Å². The summed E-state index contributed by atoms with van der Waals surface area (Å²) < 4.78 is 0. The van der Waals surface area contributed by atoms with Crippen molar-refractivity contribution < 1.29 is 4.79 Å². The number of unbranched alkanes of at least 4 members (excludes halogenated alkanes) is 1. The predicted molar refractivity (Wildman–Crippen MR) is 106 cm³/mol. The summed E-state index contributed by atoms with van der Waals surface area (Å²) in [5, 5.41) is 6.64. The first-order valence-electron chi connectivity index (χ1n) is 8.27. The Hall–Kier alpha value is -2.17. The molecule has 3 rings (SSSR count). The maximum atomic E-state index is 11.8. The highest BCUT2D eigenvalue weighted by atomic mass is 35.5. The molecule has 0 radical (unpaired) electrons. The molecule has 5 heteroatoms. The highest BCUT2D eigenvalue weighted by molar-refractivity contribution is 7.13. The average molecular weight is 371 g/mol. The Morgan fingerprint density at radius 1 is 1.08 bits per heavy atom. The molecule has 0 spiro atoms. The Bertz CT molecular complexity index is 841. The van der Waals surface area contributed by atoms with Gasteiger partial charge in [-0.3, -0.25) is 4.79 Å². The number of carbonyl (C=O) groups is 1. The van der Waals surface area contributed by atoms with Gasteiger partial charge in [0.25, 0.3) is 0 Å². The van der Waals surface area contributed by atoms with Gasteiger partial charge in [-0.2, -0.15) is 0 Å². The normalized spacial score (nSPS) is 10.6. The summed E-state index contributed by atoms with van der Waals surface area (Å²) in [7, 11) is 0. The Kier molecular flexibility index (Phi) is 5.84. The van der Waals surface area contributed by atoms with Crippen LogP contribution in [-0.4, -0.2) is 10.9 Å². The van der Waals surface area contributed by atoms with Crippen LogP contribution in [0.25, 0.3) is 21.8 Å². The fourth-order valence-electron chi connectivity index (χ4n) is 2.42. The minimum atomic E-state index is 0.0632. The van der Waals surface area contributed by atoms with E-state index in [4.69, 9.17) is 16.6 Å². The second-order valence-corrected chi connectivity index (χ2v) is 7.07. The van der Waals surface area contributed by atoms with Crippen molar-refractivity contribution >= 4 is 34.5 Å². The molecule has 1 amide bonds. The van der Waals surface area contributed by atoms with Gasteiger partial charge in [0.2, 0.25) is 5.91 Å². The number of thiazole rings is 1. The highest BCUT2D eigenvalue weighted by Gasteiger charge is 2.07. The van der Waals surface area contributed by atoms with Crippen molar-refractivity contribution in [2.75, 3.05) is 5.32 Å². The number of halogens is 1. The van der Waals surface area contributed by atoms with Gasteiger partial charge in [-0.15, -0.1) is 11.3 Å². The van der Waals surface area contributed by atoms with Crippen molar-refractivity contribution in [2.45, 2.75) is 26.2 Å². The Labute approximate surface area is 156 Å². The van der Waals surface area contributed by atoms with Crippen molar-refractivity contribution in [3.8, 4) is 21.8 Å². The lowest BCUT2D eigenvalue weighted by atomic mass is 10.1. The van der Waals surface area contributed by atoms with Crippen LogP contribution in [0.15, 0.2) is 53.9 Å². The summed E-state index contributed by atoms with van der Waals surface area (Å²) in [6.45, 7) is 2.08. The number of hydrogen-bond donors (Lipinski definition) is 1. The molecule has 0 atom stereocenters. The van der Waals surface area contributed by atoms with Crippen molar-refractivity contribution in [2.24, 2.45) is 0 Å². The lowest BCUT2D eigenvalue weighted by molar-refractivity contribution is -0.116. The number of rotatable bonds is 6. The van der Waals surface area contributed by atoms with Gasteiger partial charge in [-0.05, 0) is 30.7 Å². The molecule has 1 N–H and O–H groups in total. The molecule has 3 nitrogen and oxygen atoms in total. The lowest BCUT2D eigenvalue weighted by Gasteiger charge is -2.05. The van der Waals surface area contributed by atoms with Crippen LogP contribution in [0.5, 0.6) is 0 Å². The monoisotopic (exact) mass is 370 g/mol. The van der Waals surface area contributed by atoms with Crippen LogP contribution in [0.3, 0.4) is 0 Å². The van der Waals surface area contributed by atoms with Gasteiger partial charge >= 0.3 is 0 Å². The molecule has 0 aliphatic heterocycles. The second kappa shape index (κ2) is 8.28. The minimum absolute atomic E-state index is 0.0632. The molecule has 0 fully saturated rings. The zero-order valence-electron chi connectivity index (χ0n) is 14.0. The molecule has 3 aromatic rings. The van der Waals surface area contributed by atoms with Crippen molar-refractivity contribution in [1.82, 2.24) is 4.98 Å². The SMILES string of the molecule is CCCCC(=O)Nc1ccc(-c2csc(-c3ccc(Cl)cc3)n2)cc1. The molecule has 0 saturated carbocycles. The molecule has 25 heavy (non-hydrogen) atoms. The third-order valence-electron chi connectivity index (χ3n) is 3.82. The summed E-state index contributed by atoms with van der Waals surface area (Å²) in [6.07, 6.45) is 2.50. The van der Waals surface area contributed by atoms with Crippen LogP contribution in [0.2, 0.25) is 5.02 Å². The van der Waals surface area contributed by atoms with Gasteiger partial charge in [0.1, 0.15) is 5.01 Å². The molecule has 1 aromatic heterocycles. The van der Waals surface area contributed by atoms with Gasteiger partial charge in [0.05, 0.1) is 5.69 Å². The van der Waals surface area contributed by atoms with Gasteiger partial charge in [-0.1, -0.05) is 49.2 Å². The van der Waals surface area contributed by atoms with E-state index in [1.165, 1.54) is 0 Å². The third kappa shape index (κ3) is 4.68. The zero-order chi connectivity index (χ0) is 17.6. The largest absolute Gasteiger partial charge is 0.326 e. The Morgan fingerprint density at radius 3 is 2.44 bits per heavy atom. The molecule has 0 aliphatic rings. The molecule has 0 bridgehead atoms. The number of anilines is 1. The standard InChI is InChI=1S/C20H19ClN2OS/c1-2-3-4-19(24)22-17-11-7-14(8-12-17)18-13-25-20(23-18)15-5-9-16(21)10-6-15/h5-13H,2-4H2,1H3,(H,22,24). The minimum Gasteiger partial charge on any atom is -0.326 e. The molecular weight excluding hydrogens is 352 g/mol. The lowest BCUT2D eigenvalue weighted by Crippen LogP contribution is -2.10. The third-order valence-corrected chi connectivity index (χ3v) is 4.96. The molecule has 128 valence electrons. The molecule has 0 aliphatic carbocycles. The number of aromatic nitrogens is 1. The van der Waals surface area contributed by atoms with E-state index in [1.54, 1.807) is 11.3 Å². The summed E-state index contributed by atoms with van der Waals surface area (Å²) in [6, 6.07) is 15.5. The van der Waals surface area contributed by atoms with E-state index in [1.807, 2.05) is 53.9 Å². The van der Waals surface area contributed by atoms with Crippen molar-refractivity contribution in [3.63, 3.8) is 0 Å². The van der Waals surface area contributed by atoms with Gasteiger partial charge in [0.15, 0.2) is 0 Å². The van der Waals surface area contributed by atoms with E-state index in [0.29, 0.717) is 6.42 Å². The summed E-state index contributed by atoms with van der Waals surface area (Å²) in [5.74, 6) is 0.0632. The van der Waals surface area contributed by atoms with Crippen LogP contribution in [0.4, 0.5) is 5.69 Å². The molecular formula is C20H19ClN2OS. The van der Waals surface area contributed by atoms with E-state index >= 15 is 0 Å². The summed E-state index contributed by atoms with van der Waals surface area (Å²) in [5.41, 5.74) is 3.83. The molecule has 1 heterocycles. The van der Waals surface area contributed by atoms with Crippen LogP contribution in [0, 0.1) is 0 Å². The van der Waals surface area contributed by atoms with Gasteiger partial charge < -0.3 is 5.32 Å². The first-order valence-corrected chi connectivity index (χ1v) is 9.53. The second-order valence-electron chi connectivity index (χ2n) is 5.77. The van der Waals surface area contributed by atoms with E-state index in [0.717, 1.165) is 45.4 Å². The maximum Gasteiger partial charge on any atom is 0.224 e. The van der Waals surface area contributed by atoms with Crippen LogP contribution in [0.1, 0.15) is 26.2 Å². The topological polar surface area (TPSA) is 42.0 Å². The molecule has 0 saturated heterocycles. The number of benzene rings is 2. The first kappa shape index (κ1) is 17.6. The highest BCUT2D eigenvalue weighted by Crippen LogP contribution is 2.30. The predicted octanol–water partition coefficient (Wildman–Crippen LogP) is 6.26. The number of nitrogens with zero attached hydrogens (tertiary/aromatic N) is 1. The van der Waals surface area contributed by atoms with E-state index < -0.39 is 0 Å². The zero-order valence-corrected chi connectivity index (χ0v) is 15.5. The summed E-state index contributed by atoms with van der Waals surface area (Å²) >= 11 is 7.54. The maximum absolute atomic E-state index is 11.8. The fraction of sp³-hybridized carbons (Fsp3) is 0.200. The number of carbonyl (C=O) groups excluding carboxylic acids is 1. The Morgan fingerprint density at radius 2 is 1.76 bits per heavy atom. The molecule has 2 aromatic carbocycles. The van der Waals surface area contributed by atoms with Crippen LogP contribution < -0.4 is 5.32 Å². The quantitative estimate of drug-likeness (QED) is 0.556. The number of nitrogens with one attached hydrogen (secondary N) is 1. The fourth-order valence-corrected chi connectivity index (χ4v) is 3.38. The van der Waals surface area contributed by atoms with Crippen LogP contribution >= 0.6 is 22.9 Å². The van der Waals surface area contributed by atoms with Gasteiger partial charge in [-0.25, -0.2) is 4.98 Å². The van der Waals surface area contributed by atoms with Crippen molar-refractivity contribution in [1.29, 1.82) is 0 Å².